The first-order chi connectivity index (χ1) is 10.5. The Morgan fingerprint density at radius 2 is 1.77 bits per heavy atom. The fraction of sp³-hybridized carbons (Fsp3) is 0.125. The molecule has 22 heavy (non-hydrogen) atoms. The average molecular weight is 304 g/mol. The van der Waals surface area contributed by atoms with Crippen LogP contribution in [0.15, 0.2) is 42.5 Å². The number of rotatable bonds is 3. The van der Waals surface area contributed by atoms with E-state index >= 15 is 0 Å². The molecule has 4 nitrogen and oxygen atoms in total. The number of benzene rings is 2. The first-order valence-corrected chi connectivity index (χ1v) is 6.56. The minimum Gasteiger partial charge on any atom is -0.344 e. The van der Waals surface area contributed by atoms with Crippen LogP contribution >= 0.6 is 0 Å². The van der Waals surface area contributed by atoms with Crippen molar-refractivity contribution in [2.24, 2.45) is 0 Å². The van der Waals surface area contributed by atoms with Crippen LogP contribution in [0.5, 0.6) is 0 Å². The summed E-state index contributed by atoms with van der Waals surface area (Å²) in [6.45, 7) is 2.07. The maximum atomic E-state index is 13.4. The average Bonchev–Trinajstić information content (AvgIpc) is 2.49. The summed E-state index contributed by atoms with van der Waals surface area (Å²) in [6.07, 6.45) is 0. The van der Waals surface area contributed by atoms with Crippen LogP contribution in [0, 0.1) is 18.6 Å². The van der Waals surface area contributed by atoms with Gasteiger partial charge in [0.15, 0.2) is 11.6 Å². The highest BCUT2D eigenvalue weighted by molar-refractivity contribution is 6.39. The molecule has 0 spiro atoms. The zero-order chi connectivity index (χ0) is 16.1. The van der Waals surface area contributed by atoms with E-state index in [2.05, 4.69) is 5.32 Å². The first-order valence-electron chi connectivity index (χ1n) is 6.56. The summed E-state index contributed by atoms with van der Waals surface area (Å²) >= 11 is 0. The monoisotopic (exact) mass is 304 g/mol. The highest BCUT2D eigenvalue weighted by Gasteiger charge is 2.16. The zero-order valence-corrected chi connectivity index (χ0v) is 11.8. The zero-order valence-electron chi connectivity index (χ0n) is 11.8. The maximum Gasteiger partial charge on any atom is 0.313 e. The van der Waals surface area contributed by atoms with Crippen molar-refractivity contribution in [1.82, 2.24) is 5.32 Å². The predicted molar refractivity (Wildman–Crippen MR) is 78.0 cm³/mol. The number of hydrogen-bond acceptors (Lipinski definition) is 2. The molecule has 0 bridgehead atoms. The first kappa shape index (κ1) is 15.6. The number of amides is 2. The number of anilines is 1. The Morgan fingerprint density at radius 3 is 2.50 bits per heavy atom. The van der Waals surface area contributed by atoms with Gasteiger partial charge < -0.3 is 10.6 Å². The standard InChI is InChI=1S/C16H14F2N2O2/c1-10-4-2-5-11(8-10)9-19-15(21)16(22)20-13-7-3-6-12(17)14(13)18/h2-8H,9H2,1H3,(H,19,21)(H,20,22). The largest absolute Gasteiger partial charge is 0.344 e. The molecule has 0 heterocycles. The topological polar surface area (TPSA) is 58.2 Å². The Bertz CT molecular complexity index is 717. The summed E-state index contributed by atoms with van der Waals surface area (Å²) in [6, 6.07) is 10.7. The molecule has 0 aliphatic rings. The van der Waals surface area contributed by atoms with Crippen LogP contribution in [-0.4, -0.2) is 11.8 Å². The van der Waals surface area contributed by atoms with Crippen LogP contribution in [0.25, 0.3) is 0 Å². The number of aryl methyl sites for hydroxylation is 1. The minimum absolute atomic E-state index is 0.166. The van der Waals surface area contributed by atoms with Crippen molar-refractivity contribution in [2.45, 2.75) is 13.5 Å². The van der Waals surface area contributed by atoms with Crippen molar-refractivity contribution < 1.29 is 18.4 Å². The van der Waals surface area contributed by atoms with Crippen LogP contribution in [0.4, 0.5) is 14.5 Å². The number of carbonyl (C=O) groups is 2. The molecule has 2 aromatic carbocycles. The van der Waals surface area contributed by atoms with E-state index in [0.29, 0.717) is 0 Å². The van der Waals surface area contributed by atoms with Gasteiger partial charge in [-0.1, -0.05) is 35.9 Å². The number of hydrogen-bond donors (Lipinski definition) is 2. The molecule has 0 aliphatic heterocycles. The van der Waals surface area contributed by atoms with E-state index in [4.69, 9.17) is 0 Å². The second-order valence-corrected chi connectivity index (χ2v) is 4.73. The Balaban J connectivity index is 1.95. The second kappa shape index (κ2) is 6.80. The van der Waals surface area contributed by atoms with E-state index in [1.54, 1.807) is 6.07 Å². The molecule has 0 aliphatic carbocycles. The third-order valence-corrected chi connectivity index (χ3v) is 2.94. The fourth-order valence-corrected chi connectivity index (χ4v) is 1.86. The van der Waals surface area contributed by atoms with Gasteiger partial charge in [-0.2, -0.15) is 0 Å². The molecule has 2 N–H and O–H groups in total. The Hall–Kier alpha value is -2.76. The molecule has 0 saturated carbocycles. The van der Waals surface area contributed by atoms with E-state index < -0.39 is 23.4 Å². The van der Waals surface area contributed by atoms with Crippen LogP contribution in [0.1, 0.15) is 11.1 Å². The van der Waals surface area contributed by atoms with Crippen molar-refractivity contribution in [3.8, 4) is 0 Å². The van der Waals surface area contributed by atoms with Gasteiger partial charge in [-0.3, -0.25) is 9.59 Å². The third kappa shape index (κ3) is 3.88. The molecule has 0 aromatic heterocycles. The van der Waals surface area contributed by atoms with Crippen LogP contribution in [0.2, 0.25) is 0 Å². The molecule has 2 rings (SSSR count). The predicted octanol–water partition coefficient (Wildman–Crippen LogP) is 2.53. The third-order valence-electron chi connectivity index (χ3n) is 2.94. The molecule has 2 amide bonds. The molecule has 2 aromatic rings. The van der Waals surface area contributed by atoms with Crippen LogP contribution in [-0.2, 0) is 16.1 Å². The normalized spacial score (nSPS) is 10.1. The minimum atomic E-state index is -1.21. The lowest BCUT2D eigenvalue weighted by atomic mass is 10.1. The molecule has 0 radical (unpaired) electrons. The van der Waals surface area contributed by atoms with Gasteiger partial charge in [-0.05, 0) is 24.6 Å². The quantitative estimate of drug-likeness (QED) is 0.856. The molecule has 0 unspecified atom stereocenters. The molecule has 114 valence electrons. The number of halogens is 2. The van der Waals surface area contributed by atoms with Gasteiger partial charge in [0.1, 0.15) is 0 Å². The van der Waals surface area contributed by atoms with Crippen LogP contribution < -0.4 is 10.6 Å². The van der Waals surface area contributed by atoms with Gasteiger partial charge in [-0.25, -0.2) is 8.78 Å². The van der Waals surface area contributed by atoms with Gasteiger partial charge >= 0.3 is 11.8 Å². The Morgan fingerprint density at radius 1 is 1.05 bits per heavy atom. The van der Waals surface area contributed by atoms with Gasteiger partial charge in [-0.15, -0.1) is 0 Å². The van der Waals surface area contributed by atoms with Gasteiger partial charge in [0.2, 0.25) is 0 Å². The lowest BCUT2D eigenvalue weighted by molar-refractivity contribution is -0.136. The van der Waals surface area contributed by atoms with E-state index in [1.807, 2.05) is 30.4 Å². The summed E-state index contributed by atoms with van der Waals surface area (Å²) in [5.74, 6) is -4.29. The van der Waals surface area contributed by atoms with Gasteiger partial charge in [0.25, 0.3) is 0 Å². The SMILES string of the molecule is Cc1cccc(CNC(=O)C(=O)Nc2cccc(F)c2F)c1. The summed E-state index contributed by atoms with van der Waals surface area (Å²) in [5.41, 5.74) is 1.48. The van der Waals surface area contributed by atoms with Crippen molar-refractivity contribution in [2.75, 3.05) is 5.32 Å². The fourth-order valence-electron chi connectivity index (χ4n) is 1.86. The van der Waals surface area contributed by atoms with E-state index in [9.17, 15) is 18.4 Å². The van der Waals surface area contributed by atoms with Gasteiger partial charge in [0, 0.05) is 6.54 Å². The lowest BCUT2D eigenvalue weighted by Crippen LogP contribution is -2.35. The van der Waals surface area contributed by atoms with E-state index in [-0.39, 0.29) is 12.2 Å². The maximum absolute atomic E-state index is 13.4. The van der Waals surface area contributed by atoms with Gasteiger partial charge in [0.05, 0.1) is 5.69 Å². The Kier molecular flexibility index (Phi) is 4.83. The van der Waals surface area contributed by atoms with Crippen molar-refractivity contribution in [3.05, 3.63) is 65.2 Å². The van der Waals surface area contributed by atoms with Crippen molar-refractivity contribution in [3.63, 3.8) is 0 Å². The molecule has 0 fully saturated rings. The highest BCUT2D eigenvalue weighted by atomic mass is 19.2. The molecule has 0 atom stereocenters. The van der Waals surface area contributed by atoms with E-state index in [1.165, 1.54) is 12.1 Å². The van der Waals surface area contributed by atoms with Crippen LogP contribution in [0.3, 0.4) is 0 Å². The van der Waals surface area contributed by atoms with Crippen molar-refractivity contribution in [1.29, 1.82) is 0 Å². The molecule has 6 heteroatoms. The molecular weight excluding hydrogens is 290 g/mol. The molecule has 0 saturated heterocycles. The summed E-state index contributed by atoms with van der Waals surface area (Å²) in [5, 5.41) is 4.45. The smallest absolute Gasteiger partial charge is 0.313 e. The molecular formula is C16H14F2N2O2. The highest BCUT2D eigenvalue weighted by Crippen LogP contribution is 2.16. The number of nitrogens with one attached hydrogen (secondary N) is 2. The number of carbonyl (C=O) groups excluding carboxylic acids is 2. The van der Waals surface area contributed by atoms with E-state index in [0.717, 1.165) is 17.2 Å². The lowest BCUT2D eigenvalue weighted by Gasteiger charge is -2.08. The Labute approximate surface area is 126 Å². The second-order valence-electron chi connectivity index (χ2n) is 4.73. The summed E-state index contributed by atoms with van der Waals surface area (Å²) in [7, 11) is 0. The summed E-state index contributed by atoms with van der Waals surface area (Å²) < 4.78 is 26.4. The summed E-state index contributed by atoms with van der Waals surface area (Å²) in [4.78, 5) is 23.3. The van der Waals surface area contributed by atoms with Crippen molar-refractivity contribution >= 4 is 17.5 Å².